The van der Waals surface area contributed by atoms with E-state index in [0.717, 1.165) is 33.2 Å². The molecule has 1 fully saturated rings. The maximum Gasteiger partial charge on any atom is 0.328 e. The molecule has 296 valence electrons. The number of rotatable bonds is 16. The molecule has 1 N–H and O–H groups in total. The molecule has 10 nitrogen and oxygen atoms in total. The number of nitrogens with one attached hydrogen (secondary N) is 1. The minimum absolute atomic E-state index is 0.106. The molecule has 1 aromatic heterocycles. The smallest absolute Gasteiger partial charge is 0.328 e. The fraction of sp³-hybridized carbons (Fsp3) is 0.255. The van der Waals surface area contributed by atoms with Gasteiger partial charge in [0.05, 0.1) is 13.4 Å². The normalized spacial score (nSPS) is 16.1. The average molecular weight is 794 g/mol. The third-order valence-electron chi connectivity index (χ3n) is 11.2. The van der Waals surface area contributed by atoms with Gasteiger partial charge in [-0.15, -0.1) is 0 Å². The fourth-order valence-electron chi connectivity index (χ4n) is 8.33. The highest BCUT2D eigenvalue weighted by Crippen LogP contribution is 2.43. The second-order valence-electron chi connectivity index (χ2n) is 14.5. The number of aromatic nitrogens is 2. The minimum Gasteiger partial charge on any atom is -0.467 e. The monoisotopic (exact) mass is 793 g/mol. The highest BCUT2D eigenvalue weighted by Gasteiger charge is 2.56. The molecule has 2 unspecified atom stereocenters. The number of hydrogen-bond donors (Lipinski definition) is 1. The Bertz CT molecular complexity index is 2290. The van der Waals surface area contributed by atoms with E-state index >= 15 is 0 Å². The van der Waals surface area contributed by atoms with Crippen LogP contribution in [-0.4, -0.2) is 81.4 Å². The molecule has 7 rings (SSSR count). The van der Waals surface area contributed by atoms with Crippen molar-refractivity contribution in [1.82, 2.24) is 24.7 Å². The van der Waals surface area contributed by atoms with Crippen molar-refractivity contribution in [3.63, 3.8) is 0 Å². The topological polar surface area (TPSA) is 114 Å². The van der Waals surface area contributed by atoms with Crippen LogP contribution < -0.4 is 5.32 Å². The molecule has 1 saturated heterocycles. The maximum atomic E-state index is 14.8. The summed E-state index contributed by atoms with van der Waals surface area (Å²) in [5.41, 5.74) is 2.41. The summed E-state index contributed by atoms with van der Waals surface area (Å²) >= 11 is 1.54. The molecule has 5 aromatic carbocycles. The Morgan fingerprint density at radius 3 is 2.02 bits per heavy atom. The number of urea groups is 1. The highest BCUT2D eigenvalue weighted by atomic mass is 32.2. The largest absolute Gasteiger partial charge is 0.467 e. The highest BCUT2D eigenvalue weighted by molar-refractivity contribution is 7.98. The Kier molecular flexibility index (Phi) is 12.1. The van der Waals surface area contributed by atoms with Crippen LogP contribution in [0.1, 0.15) is 47.7 Å². The number of fused-ring (bicyclic) bond motifs is 1. The van der Waals surface area contributed by atoms with E-state index in [1.807, 2.05) is 116 Å². The number of esters is 1. The van der Waals surface area contributed by atoms with Crippen LogP contribution in [0.4, 0.5) is 4.79 Å². The molecule has 0 bridgehead atoms. The van der Waals surface area contributed by atoms with Crippen molar-refractivity contribution in [3.8, 4) is 0 Å². The summed E-state index contributed by atoms with van der Waals surface area (Å²) in [6.07, 6.45) is 6.90. The van der Waals surface area contributed by atoms with E-state index in [1.165, 1.54) is 16.9 Å². The van der Waals surface area contributed by atoms with Gasteiger partial charge in [-0.3, -0.25) is 19.4 Å². The number of thioether (sulfide) groups is 1. The van der Waals surface area contributed by atoms with Crippen molar-refractivity contribution in [2.75, 3.05) is 32.2 Å². The molecule has 0 spiro atoms. The van der Waals surface area contributed by atoms with Gasteiger partial charge in [-0.25, -0.2) is 14.6 Å². The van der Waals surface area contributed by atoms with Gasteiger partial charge in [0.1, 0.15) is 23.7 Å². The van der Waals surface area contributed by atoms with Crippen molar-refractivity contribution in [1.29, 1.82) is 0 Å². The van der Waals surface area contributed by atoms with E-state index in [1.54, 1.807) is 18.7 Å². The van der Waals surface area contributed by atoms with E-state index in [4.69, 9.17) is 4.74 Å². The average Bonchev–Trinajstić information content (AvgIpc) is 3.80. The molecule has 11 heteroatoms. The molecule has 0 radical (unpaired) electrons. The van der Waals surface area contributed by atoms with Gasteiger partial charge in [0.2, 0.25) is 5.91 Å². The predicted octanol–water partition coefficient (Wildman–Crippen LogP) is 7.40. The van der Waals surface area contributed by atoms with Crippen molar-refractivity contribution >= 4 is 46.3 Å². The first-order valence-electron chi connectivity index (χ1n) is 19.4. The predicted molar refractivity (Wildman–Crippen MR) is 227 cm³/mol. The van der Waals surface area contributed by atoms with Gasteiger partial charge in [0.25, 0.3) is 5.91 Å². The maximum absolute atomic E-state index is 14.8. The Morgan fingerprint density at radius 1 is 0.828 bits per heavy atom. The van der Waals surface area contributed by atoms with Gasteiger partial charge in [-0.05, 0) is 71.2 Å². The van der Waals surface area contributed by atoms with E-state index in [9.17, 15) is 19.2 Å². The number of nitrogens with zero attached hydrogens (tertiary/aromatic N) is 4. The standard InChI is InChI=1S/C47H47N5O5S/c1-46(40-27-15-18-34-17-13-14-26-39(34)40)44(55)50(45(56)51(46)32-42(53)49-41(28-30-58-3)43(54)57-2)29-16-25-38-31-48-33-52(38)47(35-19-7-4-8-20-35,36-21-9-5-10-22-36)37-23-11-6-12-24-37/h4-15,17-24,26-27,31,33,41H,16,25,28-30,32H2,1-3H3,(H,49,53). The number of imidazole rings is 1. The third-order valence-corrected chi connectivity index (χ3v) is 11.8. The van der Waals surface area contributed by atoms with Gasteiger partial charge >= 0.3 is 12.0 Å². The van der Waals surface area contributed by atoms with Crippen LogP contribution >= 0.6 is 11.8 Å². The van der Waals surface area contributed by atoms with Crippen molar-refractivity contribution < 1.29 is 23.9 Å². The zero-order valence-corrected chi connectivity index (χ0v) is 33.7. The van der Waals surface area contributed by atoms with Gasteiger partial charge in [0, 0.05) is 18.4 Å². The van der Waals surface area contributed by atoms with E-state index in [-0.39, 0.29) is 6.54 Å². The van der Waals surface area contributed by atoms with Crippen LogP contribution in [0.3, 0.4) is 0 Å². The first kappa shape index (κ1) is 40.0. The Hall–Kier alpha value is -6.20. The molecular weight excluding hydrogens is 747 g/mol. The number of ether oxygens (including phenoxy) is 1. The lowest BCUT2D eigenvalue weighted by Gasteiger charge is -2.38. The van der Waals surface area contributed by atoms with Crippen molar-refractivity contribution in [2.24, 2.45) is 0 Å². The Labute approximate surface area is 343 Å². The zero-order chi connectivity index (χ0) is 40.7. The van der Waals surface area contributed by atoms with Gasteiger partial charge < -0.3 is 14.6 Å². The molecular formula is C47H47N5O5S. The summed E-state index contributed by atoms with van der Waals surface area (Å²) < 4.78 is 7.16. The van der Waals surface area contributed by atoms with Crippen LogP contribution in [0.2, 0.25) is 0 Å². The van der Waals surface area contributed by atoms with Crippen LogP contribution in [-0.2, 0) is 36.6 Å². The number of benzene rings is 5. The number of carbonyl (C=O) groups excluding carboxylic acids is 4. The van der Waals surface area contributed by atoms with Crippen molar-refractivity contribution in [2.45, 2.75) is 43.3 Å². The molecule has 4 amide bonds. The van der Waals surface area contributed by atoms with E-state index < -0.39 is 47.5 Å². The summed E-state index contributed by atoms with van der Waals surface area (Å²) in [6, 6.07) is 42.9. The second-order valence-corrected chi connectivity index (χ2v) is 15.5. The lowest BCUT2D eigenvalue weighted by Crippen LogP contribution is -2.51. The first-order chi connectivity index (χ1) is 28.2. The molecule has 1 aliphatic heterocycles. The number of carbonyl (C=O) groups is 4. The summed E-state index contributed by atoms with van der Waals surface area (Å²) in [7, 11) is 1.27. The van der Waals surface area contributed by atoms with Crippen LogP contribution in [0.5, 0.6) is 0 Å². The quantitative estimate of drug-likeness (QED) is 0.0618. The van der Waals surface area contributed by atoms with Gasteiger partial charge in [0.15, 0.2) is 0 Å². The van der Waals surface area contributed by atoms with E-state index in [0.29, 0.717) is 30.6 Å². The zero-order valence-electron chi connectivity index (χ0n) is 32.9. The molecule has 6 aromatic rings. The molecule has 2 atom stereocenters. The van der Waals surface area contributed by atoms with E-state index in [2.05, 4.69) is 51.3 Å². The lowest BCUT2D eigenvalue weighted by molar-refractivity contribution is -0.145. The third kappa shape index (κ3) is 7.38. The Morgan fingerprint density at radius 2 is 1.41 bits per heavy atom. The SMILES string of the molecule is COC(=O)C(CCSC)NC(=O)CN1C(=O)N(CCCc2cncn2C(c2ccccc2)(c2ccccc2)c2ccccc2)C(=O)C1(C)c1cccc2ccccc12. The first-order valence-corrected chi connectivity index (χ1v) is 20.8. The molecule has 58 heavy (non-hydrogen) atoms. The van der Waals surface area contributed by atoms with Crippen LogP contribution in [0.25, 0.3) is 10.8 Å². The minimum atomic E-state index is -1.51. The fourth-order valence-corrected chi connectivity index (χ4v) is 8.80. The molecule has 0 saturated carbocycles. The summed E-state index contributed by atoms with van der Waals surface area (Å²) in [5.74, 6) is -0.937. The number of methoxy groups -OCH3 is 1. The number of hydrogen-bond acceptors (Lipinski definition) is 7. The molecule has 1 aliphatic rings. The number of imide groups is 1. The summed E-state index contributed by atoms with van der Waals surface area (Å²) in [6.45, 7) is 1.37. The summed E-state index contributed by atoms with van der Waals surface area (Å²) in [4.78, 5) is 62.9. The number of amides is 4. The van der Waals surface area contributed by atoms with Crippen LogP contribution in [0.15, 0.2) is 146 Å². The van der Waals surface area contributed by atoms with Crippen molar-refractivity contribution in [3.05, 3.63) is 174 Å². The van der Waals surface area contributed by atoms with Crippen LogP contribution in [0, 0.1) is 0 Å². The van der Waals surface area contributed by atoms with Gasteiger partial charge in [-0.1, -0.05) is 133 Å². The molecule has 2 heterocycles. The Balaban J connectivity index is 1.22. The number of aryl methyl sites for hydroxylation is 1. The lowest BCUT2D eigenvalue weighted by atomic mass is 9.76. The summed E-state index contributed by atoms with van der Waals surface area (Å²) in [5, 5.41) is 4.47. The van der Waals surface area contributed by atoms with Gasteiger partial charge in [-0.2, -0.15) is 11.8 Å². The second kappa shape index (κ2) is 17.5. The molecule has 0 aliphatic carbocycles.